The second-order valence-corrected chi connectivity index (χ2v) is 6.55. The molecule has 0 fully saturated rings. The van der Waals surface area contributed by atoms with Crippen LogP contribution >= 0.6 is 0 Å². The number of nitrogens with one attached hydrogen (secondary N) is 2. The first-order valence-corrected chi connectivity index (χ1v) is 9.04. The van der Waals surface area contributed by atoms with E-state index in [0.717, 1.165) is 33.5 Å². The maximum Gasteiger partial charge on any atom is 0.196 e. The van der Waals surface area contributed by atoms with Gasteiger partial charge in [0.25, 0.3) is 0 Å². The third-order valence-electron chi connectivity index (χ3n) is 4.99. The molecule has 5 rings (SSSR count). The summed E-state index contributed by atoms with van der Waals surface area (Å²) in [6, 6.07) is 21.5. The van der Waals surface area contributed by atoms with Crippen LogP contribution in [0.3, 0.4) is 0 Å². The van der Waals surface area contributed by atoms with E-state index in [4.69, 9.17) is 9.94 Å². The van der Waals surface area contributed by atoms with Crippen LogP contribution in [-0.4, -0.2) is 29.3 Å². The van der Waals surface area contributed by atoms with E-state index in [1.807, 2.05) is 71.4 Å². The Morgan fingerprint density at radius 2 is 1.75 bits per heavy atom. The van der Waals surface area contributed by atoms with E-state index < -0.39 is 0 Å². The number of aromatic nitrogens is 2. The molecule has 0 atom stereocenters. The predicted molar refractivity (Wildman–Crippen MR) is 109 cm³/mol. The van der Waals surface area contributed by atoms with Gasteiger partial charge in [0.1, 0.15) is 5.69 Å². The molecule has 1 heterocycles. The van der Waals surface area contributed by atoms with Gasteiger partial charge in [-0.3, -0.25) is 4.79 Å². The Kier molecular flexibility index (Phi) is 3.93. The van der Waals surface area contributed by atoms with E-state index in [0.29, 0.717) is 17.8 Å². The minimum atomic E-state index is 0.00114. The Labute approximate surface area is 161 Å². The maximum absolute atomic E-state index is 13.4. The van der Waals surface area contributed by atoms with Gasteiger partial charge < -0.3 is 10.2 Å². The molecule has 1 aliphatic carbocycles. The van der Waals surface area contributed by atoms with Crippen LogP contribution in [0.25, 0.3) is 27.8 Å². The monoisotopic (exact) mass is 370 g/mol. The summed E-state index contributed by atoms with van der Waals surface area (Å²) in [7, 11) is 1.55. The van der Waals surface area contributed by atoms with E-state index in [1.54, 1.807) is 7.11 Å². The molecule has 0 saturated heterocycles. The number of carbonyl (C=O) groups excluding carboxylic acids is 1. The van der Waals surface area contributed by atoms with E-state index in [2.05, 4.69) is 10.8 Å². The van der Waals surface area contributed by atoms with Crippen LogP contribution in [0.2, 0.25) is 0 Å². The summed E-state index contributed by atoms with van der Waals surface area (Å²) in [5.41, 5.74) is 8.37. The summed E-state index contributed by atoms with van der Waals surface area (Å²) in [4.78, 5) is 18.2. The van der Waals surface area contributed by atoms with Gasteiger partial charge >= 0.3 is 0 Å². The number of nitrogens with zero attached hydrogens (tertiary/aromatic N) is 2. The topological polar surface area (TPSA) is 68.2 Å². The molecule has 6 nitrogen and oxygen atoms in total. The van der Waals surface area contributed by atoms with Crippen LogP contribution in [0.4, 0.5) is 5.69 Å². The molecule has 0 aliphatic heterocycles. The summed E-state index contributed by atoms with van der Waals surface area (Å²) in [6.45, 7) is 0.385. The van der Waals surface area contributed by atoms with Crippen LogP contribution in [-0.2, 0) is 4.84 Å². The van der Waals surface area contributed by atoms with Gasteiger partial charge in [0.2, 0.25) is 0 Å². The maximum atomic E-state index is 13.4. The molecule has 0 saturated carbocycles. The molecule has 138 valence electrons. The fraction of sp³-hybridized carbons (Fsp3) is 0.0909. The van der Waals surface area contributed by atoms with Crippen molar-refractivity contribution in [1.29, 1.82) is 0 Å². The van der Waals surface area contributed by atoms with Gasteiger partial charge in [-0.2, -0.15) is 10.6 Å². The van der Waals surface area contributed by atoms with Crippen LogP contribution < -0.4 is 10.8 Å². The lowest BCUT2D eigenvalue weighted by molar-refractivity contribution is 0.0975. The number of ketones is 1. The largest absolute Gasteiger partial charge is 0.370 e. The molecule has 0 unspecified atom stereocenters. The molecule has 2 N–H and O–H groups in total. The predicted octanol–water partition coefficient (Wildman–Crippen LogP) is 3.76. The lowest BCUT2D eigenvalue weighted by Gasteiger charge is -2.19. The second-order valence-electron chi connectivity index (χ2n) is 6.55. The molecule has 0 radical (unpaired) electrons. The number of hydroxylamine groups is 1. The van der Waals surface area contributed by atoms with Crippen LogP contribution in [0.15, 0.2) is 66.7 Å². The Bertz CT molecular complexity index is 1200. The Balaban J connectivity index is 1.75. The van der Waals surface area contributed by atoms with Crippen molar-refractivity contribution in [3.05, 3.63) is 77.9 Å². The fourth-order valence-corrected chi connectivity index (χ4v) is 3.79. The van der Waals surface area contributed by atoms with Gasteiger partial charge in [-0.15, -0.1) is 0 Å². The van der Waals surface area contributed by atoms with Gasteiger partial charge in [0.15, 0.2) is 5.78 Å². The number of benzene rings is 3. The first kappa shape index (κ1) is 16.7. The third kappa shape index (κ3) is 2.43. The van der Waals surface area contributed by atoms with E-state index in [1.165, 1.54) is 0 Å². The molecule has 3 aromatic carbocycles. The van der Waals surface area contributed by atoms with Crippen molar-refractivity contribution in [2.75, 3.05) is 19.1 Å². The fourth-order valence-electron chi connectivity index (χ4n) is 3.79. The van der Waals surface area contributed by atoms with Gasteiger partial charge in [-0.05, 0) is 24.3 Å². The van der Waals surface area contributed by atoms with Crippen LogP contribution in [0.1, 0.15) is 15.9 Å². The summed E-state index contributed by atoms with van der Waals surface area (Å²) in [5.74, 6) is 0.00114. The highest BCUT2D eigenvalue weighted by Crippen LogP contribution is 2.42. The van der Waals surface area contributed by atoms with Gasteiger partial charge in [-0.1, -0.05) is 42.5 Å². The SMILES string of the molecule is CONCNc1cccc2c1C(=O)c1cccc3c1c-2nn3-c1ccccc1. The normalized spacial score (nSPS) is 12.2. The first-order valence-electron chi connectivity index (χ1n) is 9.04. The number of rotatable bonds is 5. The zero-order chi connectivity index (χ0) is 19.1. The van der Waals surface area contributed by atoms with E-state index in [9.17, 15) is 4.79 Å². The third-order valence-corrected chi connectivity index (χ3v) is 4.99. The highest BCUT2D eigenvalue weighted by molar-refractivity contribution is 6.27. The highest BCUT2D eigenvalue weighted by atomic mass is 16.6. The molecule has 0 amide bonds. The van der Waals surface area contributed by atoms with E-state index >= 15 is 0 Å². The molecule has 4 aromatic rings. The Morgan fingerprint density at radius 1 is 0.964 bits per heavy atom. The smallest absolute Gasteiger partial charge is 0.196 e. The molecule has 1 aliphatic rings. The summed E-state index contributed by atoms with van der Waals surface area (Å²) >= 11 is 0. The second kappa shape index (κ2) is 6.60. The van der Waals surface area contributed by atoms with Crippen molar-refractivity contribution in [3.63, 3.8) is 0 Å². The van der Waals surface area contributed by atoms with Crippen molar-refractivity contribution in [2.45, 2.75) is 0 Å². The molecular formula is C22H18N4O2. The minimum absolute atomic E-state index is 0.00114. The molecule has 28 heavy (non-hydrogen) atoms. The van der Waals surface area contributed by atoms with Crippen LogP contribution in [0.5, 0.6) is 0 Å². The number of anilines is 1. The van der Waals surface area contributed by atoms with Gasteiger partial charge in [-0.25, -0.2) is 4.68 Å². The molecule has 1 aromatic heterocycles. The van der Waals surface area contributed by atoms with Gasteiger partial charge in [0.05, 0.1) is 30.5 Å². The van der Waals surface area contributed by atoms with Crippen molar-refractivity contribution in [3.8, 4) is 16.9 Å². The average Bonchev–Trinajstić information content (AvgIpc) is 3.13. The standard InChI is InChI=1S/C22H18N4O2/c1-28-24-13-23-17-11-5-9-15-19(17)22(27)16-10-6-12-18-20(16)21(15)25-26(18)14-7-3-2-4-8-14/h2-12,23-24H,13H2,1H3. The van der Waals surface area contributed by atoms with Crippen molar-refractivity contribution in [2.24, 2.45) is 0 Å². The lowest BCUT2D eigenvalue weighted by Crippen LogP contribution is -2.22. The molecule has 0 bridgehead atoms. The van der Waals surface area contributed by atoms with Crippen molar-refractivity contribution >= 4 is 22.4 Å². The quantitative estimate of drug-likeness (QED) is 0.280. The first-order chi connectivity index (χ1) is 13.8. The van der Waals surface area contributed by atoms with Crippen molar-refractivity contribution in [1.82, 2.24) is 15.3 Å². The molecule has 6 heteroatoms. The molecule has 0 spiro atoms. The number of para-hydroxylation sites is 1. The minimum Gasteiger partial charge on any atom is -0.370 e. The van der Waals surface area contributed by atoms with Crippen molar-refractivity contribution < 1.29 is 9.63 Å². The summed E-state index contributed by atoms with van der Waals surface area (Å²) < 4.78 is 1.91. The number of hydrogen-bond acceptors (Lipinski definition) is 5. The lowest BCUT2D eigenvalue weighted by atomic mass is 9.86. The number of carbonyl (C=O) groups is 1. The Hall–Kier alpha value is -3.48. The summed E-state index contributed by atoms with van der Waals surface area (Å²) in [5, 5.41) is 9.01. The zero-order valence-electron chi connectivity index (χ0n) is 15.3. The zero-order valence-corrected chi connectivity index (χ0v) is 15.3. The summed E-state index contributed by atoms with van der Waals surface area (Å²) in [6.07, 6.45) is 0. The van der Waals surface area contributed by atoms with E-state index in [-0.39, 0.29) is 5.78 Å². The average molecular weight is 370 g/mol. The van der Waals surface area contributed by atoms with Crippen LogP contribution in [0, 0.1) is 0 Å². The highest BCUT2D eigenvalue weighted by Gasteiger charge is 2.30. The number of fused-ring (bicyclic) bond motifs is 2. The number of hydrogen-bond donors (Lipinski definition) is 2. The van der Waals surface area contributed by atoms with Gasteiger partial charge in [0, 0.05) is 22.2 Å². The molecular weight excluding hydrogens is 352 g/mol. The Morgan fingerprint density at radius 3 is 2.57 bits per heavy atom.